The molecule has 1 heterocycles. The Morgan fingerprint density at radius 3 is 2.69 bits per heavy atom. The zero-order chi connectivity index (χ0) is 19.4. The molecule has 2 N–H and O–H groups in total. The second-order valence-corrected chi connectivity index (χ2v) is 5.98. The minimum absolute atomic E-state index is 0.0302. The van der Waals surface area contributed by atoms with Gasteiger partial charge in [-0.1, -0.05) is 11.6 Å². The number of nitrogens with one attached hydrogen (secondary N) is 2. The molecule has 1 aromatic carbocycles. The van der Waals surface area contributed by atoms with E-state index in [0.29, 0.717) is 0 Å². The molecular weight excluding hydrogens is 364 g/mol. The van der Waals surface area contributed by atoms with E-state index < -0.39 is 16.5 Å². The number of ether oxygens (including phenoxy) is 1. The number of hydrogen-bond acceptors (Lipinski definition) is 7. The third-order valence-electron chi connectivity index (χ3n) is 3.22. The van der Waals surface area contributed by atoms with Gasteiger partial charge in [-0.2, -0.15) is 0 Å². The van der Waals surface area contributed by atoms with Crippen molar-refractivity contribution in [2.45, 2.75) is 26.8 Å². The second-order valence-electron chi connectivity index (χ2n) is 5.63. The smallest absolute Gasteiger partial charge is 0.338 e. The Kier molecular flexibility index (Phi) is 5.93. The molecule has 0 radical (unpaired) electrons. The van der Waals surface area contributed by atoms with Gasteiger partial charge >= 0.3 is 5.97 Å². The maximum Gasteiger partial charge on any atom is 0.338 e. The number of benzene rings is 1. The molecule has 0 aliphatic carbocycles. The molecule has 0 spiro atoms. The Labute approximate surface area is 153 Å². The van der Waals surface area contributed by atoms with E-state index in [9.17, 15) is 19.7 Å². The number of non-ortho nitro benzene ring substituents is 1. The third kappa shape index (κ3) is 4.37. The van der Waals surface area contributed by atoms with Crippen LogP contribution in [-0.4, -0.2) is 33.5 Å². The van der Waals surface area contributed by atoms with Crippen LogP contribution in [0.25, 0.3) is 11.3 Å². The van der Waals surface area contributed by atoms with Crippen LogP contribution in [0.3, 0.4) is 0 Å². The number of H-pyrrole nitrogens is 1. The summed E-state index contributed by atoms with van der Waals surface area (Å²) >= 11 is 6.14. The van der Waals surface area contributed by atoms with Gasteiger partial charge < -0.3 is 15.0 Å². The zero-order valence-corrected chi connectivity index (χ0v) is 15.1. The Hall–Kier alpha value is -2.94. The van der Waals surface area contributed by atoms with E-state index in [1.807, 2.05) is 13.8 Å². The fourth-order valence-corrected chi connectivity index (χ4v) is 2.43. The summed E-state index contributed by atoms with van der Waals surface area (Å²) in [7, 11) is 0. The number of anilines is 1. The maximum absolute atomic E-state index is 12.2. The molecule has 2 aromatic rings. The van der Waals surface area contributed by atoms with Gasteiger partial charge in [-0.25, -0.2) is 9.78 Å². The molecule has 26 heavy (non-hydrogen) atoms. The van der Waals surface area contributed by atoms with Gasteiger partial charge in [0.1, 0.15) is 0 Å². The fraction of sp³-hybridized carbons (Fsp3) is 0.312. The molecule has 0 atom stereocenters. The Bertz CT molecular complexity index is 910. The molecule has 0 amide bonds. The number of esters is 1. The summed E-state index contributed by atoms with van der Waals surface area (Å²) in [5.41, 5.74) is -0.667. The van der Waals surface area contributed by atoms with E-state index in [4.69, 9.17) is 16.3 Å². The number of carbonyl (C=O) groups excluding carboxylic acids is 1. The van der Waals surface area contributed by atoms with Crippen LogP contribution in [0.4, 0.5) is 11.5 Å². The minimum atomic E-state index is -0.720. The summed E-state index contributed by atoms with van der Waals surface area (Å²) in [4.78, 5) is 41.2. The number of aromatic amines is 1. The summed E-state index contributed by atoms with van der Waals surface area (Å²) in [6.07, 6.45) is 0. The van der Waals surface area contributed by atoms with E-state index in [2.05, 4.69) is 15.3 Å². The standard InChI is InChI=1S/C16H17ClN4O5/c1-4-26-16(23)10-5-9(6-11(7-10)21(24)25)12-13(17)20-14(15(22)19-12)18-8(2)3/h5-8H,4H2,1-3H3,(H,18,20)(H,19,22). The molecule has 0 saturated carbocycles. The predicted octanol–water partition coefficient (Wildman–Crippen LogP) is 3.00. The van der Waals surface area contributed by atoms with Crippen molar-refractivity contribution in [1.29, 1.82) is 0 Å². The van der Waals surface area contributed by atoms with E-state index in [1.165, 1.54) is 12.1 Å². The predicted molar refractivity (Wildman–Crippen MR) is 96.7 cm³/mol. The van der Waals surface area contributed by atoms with Crippen LogP contribution in [0.1, 0.15) is 31.1 Å². The van der Waals surface area contributed by atoms with Crippen LogP contribution >= 0.6 is 11.6 Å². The number of carbonyl (C=O) groups is 1. The molecule has 0 saturated heterocycles. The van der Waals surface area contributed by atoms with E-state index in [0.717, 1.165) is 6.07 Å². The lowest BCUT2D eigenvalue weighted by Crippen LogP contribution is -2.21. The van der Waals surface area contributed by atoms with Crippen LogP contribution in [0, 0.1) is 10.1 Å². The van der Waals surface area contributed by atoms with Gasteiger partial charge in [0.15, 0.2) is 11.0 Å². The van der Waals surface area contributed by atoms with Gasteiger partial charge in [-0.05, 0) is 26.8 Å². The quantitative estimate of drug-likeness (QED) is 0.448. The Morgan fingerprint density at radius 2 is 2.12 bits per heavy atom. The molecule has 138 valence electrons. The van der Waals surface area contributed by atoms with Crippen LogP contribution in [0.15, 0.2) is 23.0 Å². The van der Waals surface area contributed by atoms with Gasteiger partial charge in [-0.15, -0.1) is 0 Å². The van der Waals surface area contributed by atoms with E-state index in [-0.39, 0.29) is 46.1 Å². The van der Waals surface area contributed by atoms with Crippen molar-refractivity contribution >= 4 is 29.1 Å². The van der Waals surface area contributed by atoms with Gasteiger partial charge in [0, 0.05) is 23.7 Å². The molecule has 9 nitrogen and oxygen atoms in total. The van der Waals surface area contributed by atoms with Crippen molar-refractivity contribution in [3.8, 4) is 11.3 Å². The fourth-order valence-electron chi connectivity index (χ4n) is 2.18. The van der Waals surface area contributed by atoms with Gasteiger partial charge in [0.2, 0.25) is 0 Å². The largest absolute Gasteiger partial charge is 0.462 e. The zero-order valence-electron chi connectivity index (χ0n) is 14.3. The lowest BCUT2D eigenvalue weighted by molar-refractivity contribution is -0.384. The summed E-state index contributed by atoms with van der Waals surface area (Å²) in [5.74, 6) is -0.688. The average molecular weight is 381 g/mol. The Balaban J connectivity index is 2.60. The average Bonchev–Trinajstić information content (AvgIpc) is 2.57. The van der Waals surface area contributed by atoms with Crippen molar-refractivity contribution in [2.75, 3.05) is 11.9 Å². The monoisotopic (exact) mass is 380 g/mol. The second kappa shape index (κ2) is 7.96. The number of nitrogens with zero attached hydrogens (tertiary/aromatic N) is 2. The van der Waals surface area contributed by atoms with Crippen LogP contribution in [-0.2, 0) is 4.74 Å². The first kappa shape index (κ1) is 19.4. The SMILES string of the molecule is CCOC(=O)c1cc(-c2[nH]c(=O)c(NC(C)C)nc2Cl)cc([N+](=O)[O-])c1. The summed E-state index contributed by atoms with van der Waals surface area (Å²) in [6.45, 7) is 5.39. The van der Waals surface area contributed by atoms with E-state index >= 15 is 0 Å². The van der Waals surface area contributed by atoms with Crippen molar-refractivity contribution in [3.05, 3.63) is 49.4 Å². The number of rotatable bonds is 6. The molecule has 0 unspecified atom stereocenters. The molecule has 0 fully saturated rings. The van der Waals surface area contributed by atoms with Gasteiger partial charge in [-0.3, -0.25) is 14.9 Å². The van der Waals surface area contributed by atoms with Gasteiger partial charge in [0.05, 0.1) is 22.8 Å². The van der Waals surface area contributed by atoms with Crippen molar-refractivity contribution in [3.63, 3.8) is 0 Å². The van der Waals surface area contributed by atoms with Gasteiger partial charge in [0.25, 0.3) is 11.2 Å². The number of aromatic nitrogens is 2. The molecule has 0 aliphatic rings. The molecule has 10 heteroatoms. The number of nitro benzene ring substituents is 1. The molecule has 0 aliphatic heterocycles. The van der Waals surface area contributed by atoms with Crippen molar-refractivity contribution in [1.82, 2.24) is 9.97 Å². The number of hydrogen-bond donors (Lipinski definition) is 2. The molecular formula is C16H17ClN4O5. The van der Waals surface area contributed by atoms with Crippen LogP contribution in [0.2, 0.25) is 5.15 Å². The van der Waals surface area contributed by atoms with Crippen molar-refractivity contribution < 1.29 is 14.5 Å². The summed E-state index contributed by atoms with van der Waals surface area (Å²) < 4.78 is 4.88. The lowest BCUT2D eigenvalue weighted by Gasteiger charge is -2.11. The number of nitro groups is 1. The highest BCUT2D eigenvalue weighted by Crippen LogP contribution is 2.29. The van der Waals surface area contributed by atoms with E-state index in [1.54, 1.807) is 6.92 Å². The topological polar surface area (TPSA) is 127 Å². The normalized spacial score (nSPS) is 10.7. The molecule has 0 bridgehead atoms. The Morgan fingerprint density at radius 1 is 1.42 bits per heavy atom. The maximum atomic E-state index is 12.2. The first-order valence-corrected chi connectivity index (χ1v) is 8.14. The highest BCUT2D eigenvalue weighted by Gasteiger charge is 2.19. The summed E-state index contributed by atoms with van der Waals surface area (Å²) in [5, 5.41) is 13.9. The highest BCUT2D eigenvalue weighted by molar-refractivity contribution is 6.31. The molecule has 1 aromatic heterocycles. The van der Waals surface area contributed by atoms with Crippen molar-refractivity contribution in [2.24, 2.45) is 0 Å². The third-order valence-corrected chi connectivity index (χ3v) is 3.50. The lowest BCUT2D eigenvalue weighted by atomic mass is 10.1. The summed E-state index contributed by atoms with van der Waals surface area (Å²) in [6, 6.07) is 3.59. The minimum Gasteiger partial charge on any atom is -0.462 e. The molecule has 2 rings (SSSR count). The highest BCUT2D eigenvalue weighted by atomic mass is 35.5. The first-order chi connectivity index (χ1) is 12.2. The number of halogens is 1. The first-order valence-electron chi connectivity index (χ1n) is 7.76. The van der Waals surface area contributed by atoms with Crippen LogP contribution < -0.4 is 10.9 Å². The van der Waals surface area contributed by atoms with Crippen LogP contribution in [0.5, 0.6) is 0 Å².